The van der Waals surface area contributed by atoms with Crippen molar-refractivity contribution in [3.63, 3.8) is 0 Å². The van der Waals surface area contributed by atoms with Gasteiger partial charge in [-0.05, 0) is 36.6 Å². The summed E-state index contributed by atoms with van der Waals surface area (Å²) in [7, 11) is 1.61. The first-order valence-electron chi connectivity index (χ1n) is 8.24. The van der Waals surface area contributed by atoms with E-state index in [9.17, 15) is 9.59 Å². The Labute approximate surface area is 156 Å². The maximum absolute atomic E-state index is 12.4. The number of hydrogen-bond donors (Lipinski definition) is 2. The highest BCUT2D eigenvalue weighted by molar-refractivity contribution is 5.85. The number of halogens is 1. The minimum Gasteiger partial charge on any atom is -0.497 e. The number of methoxy groups -OCH3 is 1. The van der Waals surface area contributed by atoms with Gasteiger partial charge in [0.25, 0.3) is 0 Å². The SMILES string of the molecule is CCCN(CC(=O)O)CC(=O)NC(c1ccc(OC)cc1)C(C)C.Cl. The number of nitrogens with one attached hydrogen (secondary N) is 1. The largest absolute Gasteiger partial charge is 0.497 e. The summed E-state index contributed by atoms with van der Waals surface area (Å²) >= 11 is 0. The molecule has 1 aromatic rings. The van der Waals surface area contributed by atoms with Gasteiger partial charge in [-0.25, -0.2) is 0 Å². The van der Waals surface area contributed by atoms with Crippen LogP contribution in [-0.4, -0.2) is 48.6 Å². The van der Waals surface area contributed by atoms with Crippen LogP contribution in [0.1, 0.15) is 38.8 Å². The van der Waals surface area contributed by atoms with Crippen LogP contribution in [0.3, 0.4) is 0 Å². The van der Waals surface area contributed by atoms with Gasteiger partial charge in [0.1, 0.15) is 5.75 Å². The Hall–Kier alpha value is -1.79. The van der Waals surface area contributed by atoms with Gasteiger partial charge in [0.15, 0.2) is 0 Å². The van der Waals surface area contributed by atoms with Crippen LogP contribution in [0.15, 0.2) is 24.3 Å². The minimum absolute atomic E-state index is 0. The lowest BCUT2D eigenvalue weighted by atomic mass is 9.96. The number of carboxylic acids is 1. The molecule has 0 spiro atoms. The van der Waals surface area contributed by atoms with Crippen LogP contribution in [0.5, 0.6) is 5.75 Å². The van der Waals surface area contributed by atoms with Gasteiger partial charge in [0.2, 0.25) is 5.91 Å². The molecule has 0 fully saturated rings. The third-order valence-electron chi connectivity index (χ3n) is 3.72. The zero-order valence-electron chi connectivity index (χ0n) is 15.3. The molecule has 1 atom stereocenters. The number of benzene rings is 1. The van der Waals surface area contributed by atoms with Crippen molar-refractivity contribution in [2.24, 2.45) is 5.92 Å². The van der Waals surface area contributed by atoms with E-state index in [0.29, 0.717) is 6.54 Å². The van der Waals surface area contributed by atoms with Crippen LogP contribution in [-0.2, 0) is 9.59 Å². The molecule has 0 aromatic heterocycles. The van der Waals surface area contributed by atoms with E-state index >= 15 is 0 Å². The van der Waals surface area contributed by atoms with Crippen molar-refractivity contribution in [2.75, 3.05) is 26.7 Å². The van der Waals surface area contributed by atoms with E-state index in [4.69, 9.17) is 9.84 Å². The summed E-state index contributed by atoms with van der Waals surface area (Å²) in [5.74, 6) is -0.115. The summed E-state index contributed by atoms with van der Waals surface area (Å²) in [6.07, 6.45) is 0.798. The number of rotatable bonds is 10. The molecule has 0 bridgehead atoms. The highest BCUT2D eigenvalue weighted by Gasteiger charge is 2.20. The molecule has 0 radical (unpaired) electrons. The van der Waals surface area contributed by atoms with Crippen LogP contribution < -0.4 is 10.1 Å². The number of aliphatic carboxylic acids is 1. The molecule has 1 rings (SSSR count). The number of ether oxygens (including phenoxy) is 1. The molecule has 7 heteroatoms. The Balaban J connectivity index is 0.00000576. The fraction of sp³-hybridized carbons (Fsp3) is 0.556. The van der Waals surface area contributed by atoms with Crippen LogP contribution in [0.25, 0.3) is 0 Å². The van der Waals surface area contributed by atoms with Gasteiger partial charge in [-0.15, -0.1) is 12.4 Å². The quantitative estimate of drug-likeness (QED) is 0.660. The van der Waals surface area contributed by atoms with Gasteiger partial charge in [-0.1, -0.05) is 32.9 Å². The number of carboxylic acid groups (broad SMARTS) is 1. The van der Waals surface area contributed by atoms with E-state index in [1.54, 1.807) is 12.0 Å². The maximum Gasteiger partial charge on any atom is 0.317 e. The molecule has 1 unspecified atom stereocenters. The number of carbonyl (C=O) groups excluding carboxylic acids is 1. The van der Waals surface area contributed by atoms with Crippen LogP contribution in [0.2, 0.25) is 0 Å². The smallest absolute Gasteiger partial charge is 0.317 e. The highest BCUT2D eigenvalue weighted by Crippen LogP contribution is 2.23. The van der Waals surface area contributed by atoms with Crippen molar-refractivity contribution >= 4 is 24.3 Å². The Kier molecular flexibility index (Phi) is 10.9. The molecule has 0 aliphatic heterocycles. The Morgan fingerprint density at radius 2 is 1.80 bits per heavy atom. The van der Waals surface area contributed by atoms with E-state index in [0.717, 1.165) is 17.7 Å². The van der Waals surface area contributed by atoms with E-state index in [1.165, 1.54) is 0 Å². The molecule has 25 heavy (non-hydrogen) atoms. The molecular formula is C18H29ClN2O4. The predicted molar refractivity (Wildman–Crippen MR) is 100 cm³/mol. The average molecular weight is 373 g/mol. The van der Waals surface area contributed by atoms with E-state index in [-0.39, 0.29) is 43.4 Å². The predicted octanol–water partition coefficient (Wildman–Crippen LogP) is 2.73. The Bertz CT molecular complexity index is 534. The monoisotopic (exact) mass is 372 g/mol. The zero-order chi connectivity index (χ0) is 18.1. The Morgan fingerprint density at radius 3 is 2.24 bits per heavy atom. The van der Waals surface area contributed by atoms with Gasteiger partial charge in [0.05, 0.1) is 26.2 Å². The molecule has 1 aromatic carbocycles. The fourth-order valence-corrected chi connectivity index (χ4v) is 2.59. The standard InChI is InChI=1S/C18H28N2O4.ClH/c1-5-10-20(12-17(22)23)11-16(21)19-18(13(2)3)14-6-8-15(24-4)9-7-14;/h6-9,13,18H,5,10-12H2,1-4H3,(H,19,21)(H,22,23);1H. The molecular weight excluding hydrogens is 344 g/mol. The minimum atomic E-state index is -0.924. The summed E-state index contributed by atoms with van der Waals surface area (Å²) in [6, 6.07) is 7.47. The molecule has 0 saturated heterocycles. The van der Waals surface area contributed by atoms with Crippen molar-refractivity contribution < 1.29 is 19.4 Å². The van der Waals surface area contributed by atoms with Crippen molar-refractivity contribution in [3.8, 4) is 5.75 Å². The second-order valence-electron chi connectivity index (χ2n) is 6.17. The molecule has 1 amide bonds. The number of amides is 1. The van der Waals surface area contributed by atoms with Crippen LogP contribution in [0.4, 0.5) is 0 Å². The summed E-state index contributed by atoms with van der Waals surface area (Å²) in [6.45, 7) is 6.57. The third kappa shape index (κ3) is 8.23. The molecule has 0 aliphatic carbocycles. The normalized spacial score (nSPS) is 11.8. The van der Waals surface area contributed by atoms with Gasteiger partial charge in [0, 0.05) is 0 Å². The van der Waals surface area contributed by atoms with Crippen molar-refractivity contribution in [2.45, 2.75) is 33.2 Å². The van der Waals surface area contributed by atoms with Crippen LogP contribution >= 0.6 is 12.4 Å². The number of carbonyl (C=O) groups is 2. The van der Waals surface area contributed by atoms with Gasteiger partial charge in [-0.3, -0.25) is 14.5 Å². The zero-order valence-corrected chi connectivity index (χ0v) is 16.1. The molecule has 2 N–H and O–H groups in total. The van der Waals surface area contributed by atoms with E-state index < -0.39 is 5.97 Å². The first-order chi connectivity index (χ1) is 11.4. The Morgan fingerprint density at radius 1 is 1.20 bits per heavy atom. The van der Waals surface area contributed by atoms with Gasteiger partial charge in [-0.2, -0.15) is 0 Å². The fourth-order valence-electron chi connectivity index (χ4n) is 2.59. The molecule has 0 saturated carbocycles. The lowest BCUT2D eigenvalue weighted by Gasteiger charge is -2.25. The van der Waals surface area contributed by atoms with Crippen molar-refractivity contribution in [1.29, 1.82) is 0 Å². The average Bonchev–Trinajstić information content (AvgIpc) is 2.52. The van der Waals surface area contributed by atoms with Crippen LogP contribution in [0, 0.1) is 5.92 Å². The van der Waals surface area contributed by atoms with Gasteiger partial charge < -0.3 is 15.2 Å². The summed E-state index contributed by atoms with van der Waals surface area (Å²) in [5.41, 5.74) is 0.999. The first-order valence-corrected chi connectivity index (χ1v) is 8.24. The lowest BCUT2D eigenvalue weighted by molar-refractivity contribution is -0.138. The summed E-state index contributed by atoms with van der Waals surface area (Å²) in [4.78, 5) is 24.9. The topological polar surface area (TPSA) is 78.9 Å². The first kappa shape index (κ1) is 23.2. The third-order valence-corrected chi connectivity index (χ3v) is 3.72. The second-order valence-corrected chi connectivity index (χ2v) is 6.17. The molecule has 6 nitrogen and oxygen atoms in total. The van der Waals surface area contributed by atoms with Crippen molar-refractivity contribution in [3.05, 3.63) is 29.8 Å². The molecule has 0 heterocycles. The second kappa shape index (κ2) is 11.7. The van der Waals surface area contributed by atoms with E-state index in [2.05, 4.69) is 5.32 Å². The van der Waals surface area contributed by atoms with Gasteiger partial charge >= 0.3 is 5.97 Å². The molecule has 142 valence electrons. The molecule has 0 aliphatic rings. The lowest BCUT2D eigenvalue weighted by Crippen LogP contribution is -2.42. The summed E-state index contributed by atoms with van der Waals surface area (Å²) < 4.78 is 5.16. The van der Waals surface area contributed by atoms with E-state index in [1.807, 2.05) is 45.0 Å². The number of hydrogen-bond acceptors (Lipinski definition) is 4. The highest BCUT2D eigenvalue weighted by atomic mass is 35.5. The number of nitrogens with zero attached hydrogens (tertiary/aromatic N) is 1. The maximum atomic E-state index is 12.4. The van der Waals surface area contributed by atoms with Crippen molar-refractivity contribution in [1.82, 2.24) is 10.2 Å². The summed E-state index contributed by atoms with van der Waals surface area (Å²) in [5, 5.41) is 12.0.